The Kier molecular flexibility index (Phi) is 5.75. The van der Waals surface area contributed by atoms with Crippen LogP contribution >= 0.6 is 0 Å². The van der Waals surface area contributed by atoms with E-state index in [0.29, 0.717) is 23.7 Å². The number of nitrogens with one attached hydrogen (secondary N) is 2. The van der Waals surface area contributed by atoms with Gasteiger partial charge in [-0.2, -0.15) is 0 Å². The van der Waals surface area contributed by atoms with E-state index in [1.54, 1.807) is 24.3 Å². The summed E-state index contributed by atoms with van der Waals surface area (Å²) < 4.78 is 0. The third-order valence-electron chi connectivity index (χ3n) is 3.77. The van der Waals surface area contributed by atoms with E-state index >= 15 is 0 Å². The van der Waals surface area contributed by atoms with Crippen molar-refractivity contribution < 1.29 is 14.7 Å². The molecule has 1 heterocycles. The molecule has 1 atom stereocenters. The summed E-state index contributed by atoms with van der Waals surface area (Å²) in [6.45, 7) is 1.04. The molecular formula is C16H22N2O3. The van der Waals surface area contributed by atoms with Crippen molar-refractivity contribution in [3.8, 4) is 0 Å². The number of carboxylic acid groups (broad SMARTS) is 1. The fraction of sp³-hybridized carbons (Fsp3) is 0.500. The summed E-state index contributed by atoms with van der Waals surface area (Å²) in [6, 6.07) is 7.48. The minimum Gasteiger partial charge on any atom is -0.481 e. The molecule has 0 saturated carbocycles. The molecule has 1 amide bonds. The number of amides is 1. The zero-order valence-electron chi connectivity index (χ0n) is 12.1. The molecule has 21 heavy (non-hydrogen) atoms. The Morgan fingerprint density at radius 3 is 2.81 bits per heavy atom. The highest BCUT2D eigenvalue weighted by atomic mass is 16.4. The van der Waals surface area contributed by atoms with Gasteiger partial charge in [-0.25, -0.2) is 0 Å². The summed E-state index contributed by atoms with van der Waals surface area (Å²) in [4.78, 5) is 22.8. The van der Waals surface area contributed by atoms with Crippen LogP contribution in [0.1, 0.15) is 37.7 Å². The monoisotopic (exact) mass is 290 g/mol. The van der Waals surface area contributed by atoms with Gasteiger partial charge in [-0.05, 0) is 37.4 Å². The van der Waals surface area contributed by atoms with E-state index in [1.807, 2.05) is 0 Å². The zero-order valence-corrected chi connectivity index (χ0v) is 12.1. The van der Waals surface area contributed by atoms with Gasteiger partial charge in [0.05, 0.1) is 6.42 Å². The van der Waals surface area contributed by atoms with Gasteiger partial charge in [0.25, 0.3) is 0 Å². The van der Waals surface area contributed by atoms with Crippen LogP contribution in [0.5, 0.6) is 0 Å². The topological polar surface area (TPSA) is 78.4 Å². The molecule has 0 spiro atoms. The van der Waals surface area contributed by atoms with E-state index in [4.69, 9.17) is 5.11 Å². The first-order valence-electron chi connectivity index (χ1n) is 7.48. The fourth-order valence-electron chi connectivity index (χ4n) is 2.65. The second-order valence-corrected chi connectivity index (χ2v) is 5.46. The minimum absolute atomic E-state index is 0.0554. The smallest absolute Gasteiger partial charge is 0.307 e. The lowest BCUT2D eigenvalue weighted by Crippen LogP contribution is -2.34. The summed E-state index contributed by atoms with van der Waals surface area (Å²) in [5.41, 5.74) is 1.23. The zero-order chi connectivity index (χ0) is 15.1. The van der Waals surface area contributed by atoms with Gasteiger partial charge in [-0.15, -0.1) is 0 Å². The van der Waals surface area contributed by atoms with Crippen LogP contribution in [0.3, 0.4) is 0 Å². The van der Waals surface area contributed by atoms with Gasteiger partial charge in [-0.1, -0.05) is 24.6 Å². The van der Waals surface area contributed by atoms with Crippen molar-refractivity contribution >= 4 is 17.6 Å². The standard InChI is InChI=1S/C16H22N2O3/c19-15(9-8-13-6-3-4-10-17-13)18-14-7-2-1-5-12(14)11-16(20)21/h1-2,5,7,13,17H,3-4,6,8-11H2,(H,18,19)(H,20,21). The summed E-state index contributed by atoms with van der Waals surface area (Å²) in [5.74, 6) is -0.955. The van der Waals surface area contributed by atoms with Crippen LogP contribution in [0.25, 0.3) is 0 Å². The Hall–Kier alpha value is -1.88. The molecule has 1 aromatic rings. The molecule has 0 aromatic heterocycles. The second kappa shape index (κ2) is 7.78. The molecule has 0 aliphatic carbocycles. The van der Waals surface area contributed by atoms with Gasteiger partial charge in [0.2, 0.25) is 5.91 Å². The highest BCUT2D eigenvalue weighted by Gasteiger charge is 2.15. The van der Waals surface area contributed by atoms with Crippen LogP contribution in [0.4, 0.5) is 5.69 Å². The Morgan fingerprint density at radius 1 is 1.29 bits per heavy atom. The first-order chi connectivity index (χ1) is 10.1. The van der Waals surface area contributed by atoms with E-state index in [-0.39, 0.29) is 12.3 Å². The minimum atomic E-state index is -0.900. The molecule has 1 fully saturated rings. The van der Waals surface area contributed by atoms with Crippen LogP contribution in [-0.4, -0.2) is 29.6 Å². The molecule has 0 radical (unpaired) electrons. The number of hydrogen-bond donors (Lipinski definition) is 3. The van der Waals surface area contributed by atoms with Crippen molar-refractivity contribution in [2.45, 2.75) is 44.6 Å². The van der Waals surface area contributed by atoms with Gasteiger partial charge in [0, 0.05) is 18.2 Å². The van der Waals surface area contributed by atoms with Crippen LogP contribution in [0.15, 0.2) is 24.3 Å². The predicted octanol–water partition coefficient (Wildman–Crippen LogP) is 2.17. The Bertz CT molecular complexity index is 496. The maximum atomic E-state index is 12.0. The van der Waals surface area contributed by atoms with Crippen molar-refractivity contribution in [3.63, 3.8) is 0 Å². The number of benzene rings is 1. The first-order valence-corrected chi connectivity index (χ1v) is 7.48. The highest BCUT2D eigenvalue weighted by molar-refractivity contribution is 5.92. The Labute approximate surface area is 124 Å². The molecular weight excluding hydrogens is 268 g/mol. The molecule has 1 aliphatic rings. The summed E-state index contributed by atoms with van der Waals surface area (Å²) in [7, 11) is 0. The van der Waals surface area contributed by atoms with Crippen molar-refractivity contribution in [3.05, 3.63) is 29.8 Å². The van der Waals surface area contributed by atoms with E-state index in [9.17, 15) is 9.59 Å². The maximum absolute atomic E-state index is 12.0. The van der Waals surface area contributed by atoms with E-state index in [0.717, 1.165) is 19.4 Å². The van der Waals surface area contributed by atoms with Gasteiger partial charge < -0.3 is 15.7 Å². The number of carbonyl (C=O) groups excluding carboxylic acids is 1. The molecule has 1 aliphatic heterocycles. The average Bonchev–Trinajstić information content (AvgIpc) is 2.48. The molecule has 3 N–H and O–H groups in total. The maximum Gasteiger partial charge on any atom is 0.307 e. The van der Waals surface area contributed by atoms with Crippen molar-refractivity contribution in [1.29, 1.82) is 0 Å². The Balaban J connectivity index is 1.85. The second-order valence-electron chi connectivity index (χ2n) is 5.46. The van der Waals surface area contributed by atoms with Crippen LogP contribution in [-0.2, 0) is 16.0 Å². The third-order valence-corrected chi connectivity index (χ3v) is 3.77. The fourth-order valence-corrected chi connectivity index (χ4v) is 2.65. The van der Waals surface area contributed by atoms with Crippen LogP contribution in [0.2, 0.25) is 0 Å². The molecule has 0 bridgehead atoms. The third kappa shape index (κ3) is 5.19. The van der Waals surface area contributed by atoms with Gasteiger partial charge in [0.1, 0.15) is 0 Å². The molecule has 5 nitrogen and oxygen atoms in total. The SMILES string of the molecule is O=C(O)Cc1ccccc1NC(=O)CCC1CCCCN1. The first kappa shape index (κ1) is 15.5. The summed E-state index contributed by atoms with van der Waals surface area (Å²) >= 11 is 0. The van der Waals surface area contributed by atoms with Gasteiger partial charge in [0.15, 0.2) is 0 Å². The van der Waals surface area contributed by atoms with Crippen LogP contribution < -0.4 is 10.6 Å². The number of anilines is 1. The van der Waals surface area contributed by atoms with E-state index in [1.165, 1.54) is 12.8 Å². The number of piperidine rings is 1. The van der Waals surface area contributed by atoms with Crippen LogP contribution in [0, 0.1) is 0 Å². The summed E-state index contributed by atoms with van der Waals surface area (Å²) in [5, 5.41) is 15.1. The van der Waals surface area contributed by atoms with E-state index < -0.39 is 5.97 Å². The average molecular weight is 290 g/mol. The lowest BCUT2D eigenvalue weighted by Gasteiger charge is -2.23. The molecule has 5 heteroatoms. The lowest BCUT2D eigenvalue weighted by atomic mass is 10.0. The molecule has 1 aromatic carbocycles. The van der Waals surface area contributed by atoms with E-state index in [2.05, 4.69) is 10.6 Å². The predicted molar refractivity (Wildman–Crippen MR) is 81.3 cm³/mol. The highest BCUT2D eigenvalue weighted by Crippen LogP contribution is 2.17. The van der Waals surface area contributed by atoms with Crippen molar-refractivity contribution in [2.75, 3.05) is 11.9 Å². The number of rotatable bonds is 6. The molecule has 1 saturated heterocycles. The molecule has 114 valence electrons. The number of carboxylic acids is 1. The lowest BCUT2D eigenvalue weighted by molar-refractivity contribution is -0.136. The number of para-hydroxylation sites is 1. The largest absolute Gasteiger partial charge is 0.481 e. The quantitative estimate of drug-likeness (QED) is 0.750. The summed E-state index contributed by atoms with van der Waals surface area (Å²) in [6.07, 6.45) is 4.77. The number of carbonyl (C=O) groups is 2. The van der Waals surface area contributed by atoms with Crippen molar-refractivity contribution in [2.24, 2.45) is 0 Å². The number of aliphatic carboxylic acids is 1. The number of hydrogen-bond acceptors (Lipinski definition) is 3. The normalized spacial score (nSPS) is 18.2. The van der Waals surface area contributed by atoms with Gasteiger partial charge in [-0.3, -0.25) is 9.59 Å². The van der Waals surface area contributed by atoms with Crippen molar-refractivity contribution in [1.82, 2.24) is 5.32 Å². The van der Waals surface area contributed by atoms with Gasteiger partial charge >= 0.3 is 5.97 Å². The Morgan fingerprint density at radius 2 is 2.10 bits per heavy atom. The molecule has 2 rings (SSSR count). The molecule has 1 unspecified atom stereocenters.